The van der Waals surface area contributed by atoms with Crippen molar-refractivity contribution in [1.82, 2.24) is 20.4 Å². The number of nitrogens with zero attached hydrogens (tertiary/aromatic N) is 3. The molecule has 8 heteroatoms. The van der Waals surface area contributed by atoms with E-state index in [4.69, 9.17) is 4.74 Å². The summed E-state index contributed by atoms with van der Waals surface area (Å²) in [5, 5.41) is 10.0. The number of rotatable bonds is 9. The Bertz CT molecular complexity index is 727. The molecule has 0 spiro atoms. The first-order chi connectivity index (χ1) is 15.7. The molecule has 0 aliphatic carbocycles. The number of carbonyl (C=O) groups is 1. The number of anilines is 1. The van der Waals surface area contributed by atoms with Crippen molar-refractivity contribution in [1.29, 1.82) is 0 Å². The van der Waals surface area contributed by atoms with Crippen molar-refractivity contribution in [3.63, 3.8) is 0 Å². The van der Waals surface area contributed by atoms with Crippen LogP contribution in [0.25, 0.3) is 0 Å². The number of morpholine rings is 1. The lowest BCUT2D eigenvalue weighted by molar-refractivity contribution is -0.116. The summed E-state index contributed by atoms with van der Waals surface area (Å²) in [5.41, 5.74) is 1.94. The number of piperidine rings is 1. The molecule has 3 rings (SSSR count). The summed E-state index contributed by atoms with van der Waals surface area (Å²) in [6.07, 6.45) is 4.00. The largest absolute Gasteiger partial charge is 0.379 e. The minimum absolute atomic E-state index is 0.0495. The van der Waals surface area contributed by atoms with E-state index in [1.807, 2.05) is 25.2 Å². The number of ether oxygens (including phenoxy) is 1. The quantitative estimate of drug-likeness (QED) is 0.399. The average Bonchev–Trinajstić information content (AvgIpc) is 2.82. The lowest BCUT2D eigenvalue weighted by atomic mass is 10.1. The van der Waals surface area contributed by atoms with Gasteiger partial charge in [0.15, 0.2) is 5.96 Å². The lowest BCUT2D eigenvalue weighted by Gasteiger charge is -2.32. The molecule has 2 heterocycles. The third-order valence-corrected chi connectivity index (χ3v) is 6.12. The summed E-state index contributed by atoms with van der Waals surface area (Å²) in [4.78, 5) is 21.5. The Balaban J connectivity index is 1.40. The Labute approximate surface area is 192 Å². The number of likely N-dealkylation sites (tertiary alicyclic amines) is 1. The fourth-order valence-corrected chi connectivity index (χ4v) is 4.26. The Kier molecular flexibility index (Phi) is 10.3. The molecule has 0 radical (unpaired) electrons. The molecule has 2 saturated heterocycles. The summed E-state index contributed by atoms with van der Waals surface area (Å²) in [6, 6.07) is 8.47. The molecule has 2 aliphatic rings. The van der Waals surface area contributed by atoms with Crippen LogP contribution in [0.5, 0.6) is 0 Å². The Morgan fingerprint density at radius 3 is 2.59 bits per heavy atom. The van der Waals surface area contributed by atoms with Gasteiger partial charge in [0.1, 0.15) is 0 Å². The number of guanidine groups is 1. The molecule has 3 N–H and O–H groups in total. The molecule has 2 fully saturated rings. The maximum atomic E-state index is 12.3. The van der Waals surface area contributed by atoms with Gasteiger partial charge in [-0.25, -0.2) is 0 Å². The van der Waals surface area contributed by atoms with Gasteiger partial charge < -0.3 is 25.6 Å². The monoisotopic (exact) mass is 444 g/mol. The molecule has 0 atom stereocenters. The van der Waals surface area contributed by atoms with Crippen LogP contribution in [0.2, 0.25) is 0 Å². The number of benzene rings is 1. The zero-order valence-electron chi connectivity index (χ0n) is 19.7. The molecule has 2 aliphatic heterocycles. The molecule has 178 valence electrons. The predicted octanol–water partition coefficient (Wildman–Crippen LogP) is 1.89. The summed E-state index contributed by atoms with van der Waals surface area (Å²) in [7, 11) is 1.81. The number of aliphatic imine (C=N–C) groups is 1. The molecule has 1 amide bonds. The van der Waals surface area contributed by atoms with Gasteiger partial charge in [0.25, 0.3) is 0 Å². The van der Waals surface area contributed by atoms with Crippen molar-refractivity contribution in [2.45, 2.75) is 45.2 Å². The van der Waals surface area contributed by atoms with Gasteiger partial charge in [-0.15, -0.1) is 0 Å². The molecule has 32 heavy (non-hydrogen) atoms. The molecule has 1 aromatic rings. The third kappa shape index (κ3) is 8.41. The fraction of sp³-hybridized carbons (Fsp3) is 0.667. The van der Waals surface area contributed by atoms with Gasteiger partial charge in [0.05, 0.1) is 13.2 Å². The van der Waals surface area contributed by atoms with Crippen molar-refractivity contribution in [2.75, 3.05) is 64.8 Å². The second-order valence-electron chi connectivity index (χ2n) is 8.64. The van der Waals surface area contributed by atoms with Crippen LogP contribution in [0.3, 0.4) is 0 Å². The highest BCUT2D eigenvalue weighted by Gasteiger charge is 2.19. The fourth-order valence-electron chi connectivity index (χ4n) is 4.26. The van der Waals surface area contributed by atoms with E-state index in [2.05, 4.69) is 43.7 Å². The standard InChI is InChI=1S/C24H40N6O2/c1-3-10-29-11-7-21(8-12-29)28-24(25-2)26-19-20-5-4-6-22(18-20)27-23(31)9-13-30-14-16-32-17-15-30/h4-6,18,21H,3,7-17,19H2,1-2H3,(H,27,31)(H2,25,26,28). The Hall–Kier alpha value is -2.16. The topological polar surface area (TPSA) is 81.2 Å². The van der Waals surface area contributed by atoms with Gasteiger partial charge in [-0.3, -0.25) is 14.7 Å². The predicted molar refractivity (Wildman–Crippen MR) is 130 cm³/mol. The smallest absolute Gasteiger partial charge is 0.225 e. The average molecular weight is 445 g/mol. The highest BCUT2D eigenvalue weighted by atomic mass is 16.5. The third-order valence-electron chi connectivity index (χ3n) is 6.12. The Morgan fingerprint density at radius 2 is 1.88 bits per heavy atom. The van der Waals surface area contributed by atoms with E-state index in [0.717, 1.165) is 76.0 Å². The molecule has 1 aromatic carbocycles. The zero-order chi connectivity index (χ0) is 22.6. The summed E-state index contributed by atoms with van der Waals surface area (Å²) in [5.74, 6) is 0.882. The first-order valence-corrected chi connectivity index (χ1v) is 12.0. The molecule has 0 unspecified atom stereocenters. The second-order valence-corrected chi connectivity index (χ2v) is 8.64. The normalized spacial score (nSPS) is 19.0. The number of hydrogen-bond donors (Lipinski definition) is 3. The van der Waals surface area contributed by atoms with E-state index in [-0.39, 0.29) is 5.91 Å². The van der Waals surface area contributed by atoms with Crippen molar-refractivity contribution in [3.8, 4) is 0 Å². The minimum Gasteiger partial charge on any atom is -0.379 e. The van der Waals surface area contributed by atoms with Gasteiger partial charge in [0.2, 0.25) is 5.91 Å². The van der Waals surface area contributed by atoms with Crippen LogP contribution in [-0.4, -0.2) is 87.2 Å². The molecular weight excluding hydrogens is 404 g/mol. The first-order valence-electron chi connectivity index (χ1n) is 12.0. The summed E-state index contributed by atoms with van der Waals surface area (Å²) >= 11 is 0. The first kappa shape index (κ1) is 24.5. The van der Waals surface area contributed by atoms with Crippen LogP contribution < -0.4 is 16.0 Å². The SMILES string of the molecule is CCCN1CCC(NC(=NC)NCc2cccc(NC(=O)CCN3CCOCC3)c2)CC1. The minimum atomic E-state index is 0.0495. The summed E-state index contributed by atoms with van der Waals surface area (Å²) < 4.78 is 5.36. The number of hydrogen-bond acceptors (Lipinski definition) is 5. The van der Waals surface area contributed by atoms with Gasteiger partial charge in [-0.2, -0.15) is 0 Å². The molecule has 0 aromatic heterocycles. The highest BCUT2D eigenvalue weighted by molar-refractivity contribution is 5.90. The van der Waals surface area contributed by atoms with E-state index in [9.17, 15) is 4.79 Å². The molecular formula is C24H40N6O2. The van der Waals surface area contributed by atoms with Crippen molar-refractivity contribution in [2.24, 2.45) is 4.99 Å². The molecule has 0 bridgehead atoms. The van der Waals surface area contributed by atoms with Crippen LogP contribution in [0.4, 0.5) is 5.69 Å². The zero-order valence-corrected chi connectivity index (χ0v) is 19.7. The van der Waals surface area contributed by atoms with Gasteiger partial charge in [-0.1, -0.05) is 19.1 Å². The van der Waals surface area contributed by atoms with Gasteiger partial charge in [0, 0.05) is 64.5 Å². The molecule has 0 saturated carbocycles. The number of nitrogens with one attached hydrogen (secondary N) is 3. The summed E-state index contributed by atoms with van der Waals surface area (Å²) in [6.45, 7) is 10.5. The number of amides is 1. The van der Waals surface area contributed by atoms with Crippen molar-refractivity contribution in [3.05, 3.63) is 29.8 Å². The van der Waals surface area contributed by atoms with Crippen molar-refractivity contribution >= 4 is 17.6 Å². The van der Waals surface area contributed by atoms with Crippen LogP contribution in [0.15, 0.2) is 29.3 Å². The van der Waals surface area contributed by atoms with E-state index in [1.165, 1.54) is 13.0 Å². The van der Waals surface area contributed by atoms with E-state index >= 15 is 0 Å². The molecule has 8 nitrogen and oxygen atoms in total. The van der Waals surface area contributed by atoms with Crippen molar-refractivity contribution < 1.29 is 9.53 Å². The Morgan fingerprint density at radius 1 is 1.12 bits per heavy atom. The van der Waals surface area contributed by atoms with Crippen LogP contribution in [-0.2, 0) is 16.1 Å². The maximum Gasteiger partial charge on any atom is 0.225 e. The lowest BCUT2D eigenvalue weighted by Crippen LogP contribution is -2.48. The van der Waals surface area contributed by atoms with Gasteiger partial charge >= 0.3 is 0 Å². The van der Waals surface area contributed by atoms with E-state index in [0.29, 0.717) is 19.0 Å². The van der Waals surface area contributed by atoms with Crippen LogP contribution in [0, 0.1) is 0 Å². The highest BCUT2D eigenvalue weighted by Crippen LogP contribution is 2.12. The van der Waals surface area contributed by atoms with E-state index < -0.39 is 0 Å². The second kappa shape index (κ2) is 13.4. The van der Waals surface area contributed by atoms with E-state index in [1.54, 1.807) is 0 Å². The maximum absolute atomic E-state index is 12.3. The number of carbonyl (C=O) groups excluding carboxylic acids is 1. The van der Waals surface area contributed by atoms with Gasteiger partial charge in [-0.05, 0) is 43.5 Å². The van der Waals surface area contributed by atoms with Crippen LogP contribution in [0.1, 0.15) is 38.2 Å². The van der Waals surface area contributed by atoms with Crippen LogP contribution >= 0.6 is 0 Å².